The molecule has 1 saturated heterocycles. The molecule has 18 heavy (non-hydrogen) atoms. The number of hydrogen-bond acceptors (Lipinski definition) is 2. The molecule has 1 unspecified atom stereocenters. The van der Waals surface area contributed by atoms with Gasteiger partial charge in [0.1, 0.15) is 5.54 Å². The second-order valence-electron chi connectivity index (χ2n) is 5.18. The van der Waals surface area contributed by atoms with Crippen LogP contribution in [0.15, 0.2) is 0 Å². The van der Waals surface area contributed by atoms with Gasteiger partial charge in [-0.15, -0.1) is 0 Å². The maximum atomic E-state index is 12.1. The SMILES string of the molecule is CCC(C)(NC(=O)N1CCCCCCC1)C(=O)O. The lowest BCUT2D eigenvalue weighted by Crippen LogP contribution is -2.56. The van der Waals surface area contributed by atoms with Crippen molar-refractivity contribution in [2.24, 2.45) is 0 Å². The molecule has 0 aromatic rings. The van der Waals surface area contributed by atoms with Gasteiger partial charge in [-0.1, -0.05) is 26.2 Å². The molecular weight excluding hydrogens is 232 g/mol. The molecule has 1 atom stereocenters. The van der Waals surface area contributed by atoms with Gasteiger partial charge in [0, 0.05) is 13.1 Å². The van der Waals surface area contributed by atoms with Crippen molar-refractivity contribution in [2.75, 3.05) is 13.1 Å². The van der Waals surface area contributed by atoms with Crippen molar-refractivity contribution < 1.29 is 14.7 Å². The number of carbonyl (C=O) groups is 2. The normalized spacial score (nSPS) is 20.4. The van der Waals surface area contributed by atoms with E-state index in [1.54, 1.807) is 18.7 Å². The molecule has 0 aromatic heterocycles. The maximum Gasteiger partial charge on any atom is 0.329 e. The summed E-state index contributed by atoms with van der Waals surface area (Å²) in [5, 5.41) is 11.8. The van der Waals surface area contributed by atoms with Crippen molar-refractivity contribution >= 4 is 12.0 Å². The minimum absolute atomic E-state index is 0.247. The van der Waals surface area contributed by atoms with Gasteiger partial charge in [0.15, 0.2) is 0 Å². The van der Waals surface area contributed by atoms with Gasteiger partial charge in [-0.3, -0.25) is 0 Å². The summed E-state index contributed by atoms with van der Waals surface area (Å²) in [4.78, 5) is 25.0. The smallest absolute Gasteiger partial charge is 0.329 e. The highest BCUT2D eigenvalue weighted by atomic mass is 16.4. The van der Waals surface area contributed by atoms with Gasteiger partial charge in [-0.2, -0.15) is 0 Å². The number of carbonyl (C=O) groups excluding carboxylic acids is 1. The molecule has 0 radical (unpaired) electrons. The molecule has 1 fully saturated rings. The highest BCUT2D eigenvalue weighted by Crippen LogP contribution is 2.13. The number of carboxylic acid groups (broad SMARTS) is 1. The third-order valence-corrected chi connectivity index (χ3v) is 3.71. The van der Waals surface area contributed by atoms with Crippen LogP contribution in [0.3, 0.4) is 0 Å². The number of rotatable bonds is 3. The van der Waals surface area contributed by atoms with Crippen molar-refractivity contribution in [3.63, 3.8) is 0 Å². The molecule has 1 aliphatic rings. The van der Waals surface area contributed by atoms with E-state index in [4.69, 9.17) is 5.11 Å². The molecule has 1 rings (SSSR count). The Labute approximate surface area is 109 Å². The molecule has 0 bridgehead atoms. The summed E-state index contributed by atoms with van der Waals surface area (Å²) in [6, 6.07) is -0.247. The summed E-state index contributed by atoms with van der Waals surface area (Å²) >= 11 is 0. The summed E-state index contributed by atoms with van der Waals surface area (Å²) < 4.78 is 0. The Morgan fingerprint density at radius 2 is 1.67 bits per heavy atom. The molecule has 104 valence electrons. The van der Waals surface area contributed by atoms with Crippen molar-refractivity contribution in [1.82, 2.24) is 10.2 Å². The predicted molar refractivity (Wildman–Crippen MR) is 69.5 cm³/mol. The van der Waals surface area contributed by atoms with Crippen LogP contribution >= 0.6 is 0 Å². The van der Waals surface area contributed by atoms with Crippen LogP contribution in [0.4, 0.5) is 4.79 Å². The first kappa shape index (κ1) is 14.8. The van der Waals surface area contributed by atoms with Crippen LogP contribution in [0, 0.1) is 0 Å². The first-order valence-corrected chi connectivity index (χ1v) is 6.80. The van der Waals surface area contributed by atoms with E-state index < -0.39 is 11.5 Å². The van der Waals surface area contributed by atoms with E-state index in [-0.39, 0.29) is 6.03 Å². The molecule has 0 spiro atoms. The third kappa shape index (κ3) is 3.89. The van der Waals surface area contributed by atoms with Gasteiger partial charge in [0.25, 0.3) is 0 Å². The third-order valence-electron chi connectivity index (χ3n) is 3.71. The van der Waals surface area contributed by atoms with Gasteiger partial charge < -0.3 is 15.3 Å². The number of nitrogens with zero attached hydrogens (tertiary/aromatic N) is 1. The standard InChI is InChI=1S/C13H24N2O3/c1-3-13(2,11(16)17)14-12(18)15-9-7-5-4-6-8-10-15/h3-10H2,1-2H3,(H,14,18)(H,16,17). The van der Waals surface area contributed by atoms with Crippen molar-refractivity contribution in [3.8, 4) is 0 Å². The molecule has 0 aliphatic carbocycles. The first-order valence-electron chi connectivity index (χ1n) is 6.80. The van der Waals surface area contributed by atoms with E-state index in [1.165, 1.54) is 6.42 Å². The summed E-state index contributed by atoms with van der Waals surface area (Å²) in [6.07, 6.45) is 5.91. The van der Waals surface area contributed by atoms with Crippen LogP contribution in [0.2, 0.25) is 0 Å². The monoisotopic (exact) mass is 256 g/mol. The molecule has 5 heteroatoms. The van der Waals surface area contributed by atoms with E-state index in [9.17, 15) is 9.59 Å². The van der Waals surface area contributed by atoms with Crippen molar-refractivity contribution in [3.05, 3.63) is 0 Å². The van der Waals surface area contributed by atoms with Crippen molar-refractivity contribution in [2.45, 2.75) is 57.9 Å². The molecule has 1 aliphatic heterocycles. The topological polar surface area (TPSA) is 69.6 Å². The Morgan fingerprint density at radius 3 is 2.11 bits per heavy atom. The Morgan fingerprint density at radius 1 is 1.17 bits per heavy atom. The van der Waals surface area contributed by atoms with Gasteiger partial charge >= 0.3 is 12.0 Å². The number of urea groups is 1. The second kappa shape index (κ2) is 6.61. The van der Waals surface area contributed by atoms with E-state index in [0.717, 1.165) is 38.8 Å². The number of aliphatic carboxylic acids is 1. The highest BCUT2D eigenvalue weighted by Gasteiger charge is 2.34. The molecule has 5 nitrogen and oxygen atoms in total. The number of hydrogen-bond donors (Lipinski definition) is 2. The average molecular weight is 256 g/mol. The molecule has 0 aromatic carbocycles. The van der Waals surface area contributed by atoms with Gasteiger partial charge in [-0.05, 0) is 26.2 Å². The van der Waals surface area contributed by atoms with Crippen LogP contribution in [0.1, 0.15) is 52.4 Å². The molecule has 1 heterocycles. The minimum atomic E-state index is -1.17. The summed E-state index contributed by atoms with van der Waals surface area (Å²) in [7, 11) is 0. The van der Waals surface area contributed by atoms with Crippen molar-refractivity contribution in [1.29, 1.82) is 0 Å². The maximum absolute atomic E-state index is 12.1. The fraction of sp³-hybridized carbons (Fsp3) is 0.846. The number of nitrogens with one attached hydrogen (secondary N) is 1. The van der Waals surface area contributed by atoms with Gasteiger partial charge in [0.2, 0.25) is 0 Å². The number of likely N-dealkylation sites (tertiary alicyclic amines) is 1. The molecule has 2 amide bonds. The lowest BCUT2D eigenvalue weighted by atomic mass is 9.99. The minimum Gasteiger partial charge on any atom is -0.480 e. The summed E-state index contributed by atoms with van der Waals surface area (Å²) in [5.41, 5.74) is -1.17. The largest absolute Gasteiger partial charge is 0.480 e. The summed E-state index contributed by atoms with van der Waals surface area (Å²) in [6.45, 7) is 4.77. The quantitative estimate of drug-likeness (QED) is 0.813. The van der Waals surface area contributed by atoms with Crippen LogP contribution in [0.5, 0.6) is 0 Å². The second-order valence-corrected chi connectivity index (χ2v) is 5.18. The Balaban J connectivity index is 2.59. The van der Waals surface area contributed by atoms with E-state index >= 15 is 0 Å². The fourth-order valence-electron chi connectivity index (χ4n) is 2.06. The average Bonchev–Trinajstić information content (AvgIpc) is 2.27. The van der Waals surface area contributed by atoms with Gasteiger partial charge in [-0.25, -0.2) is 9.59 Å². The Hall–Kier alpha value is -1.26. The zero-order valence-electron chi connectivity index (χ0n) is 11.4. The van der Waals surface area contributed by atoms with Gasteiger partial charge in [0.05, 0.1) is 0 Å². The molecular formula is C13H24N2O3. The van der Waals surface area contributed by atoms with Crippen LogP contribution < -0.4 is 5.32 Å². The Kier molecular flexibility index (Phi) is 5.44. The lowest BCUT2D eigenvalue weighted by Gasteiger charge is -2.31. The van der Waals surface area contributed by atoms with Crippen LogP contribution in [-0.4, -0.2) is 40.6 Å². The van der Waals surface area contributed by atoms with E-state index in [0.29, 0.717) is 6.42 Å². The lowest BCUT2D eigenvalue weighted by molar-refractivity contribution is -0.143. The highest BCUT2D eigenvalue weighted by molar-refractivity contribution is 5.85. The summed E-state index contributed by atoms with van der Waals surface area (Å²) in [5.74, 6) is -0.981. The number of amides is 2. The number of carboxylic acids is 1. The first-order chi connectivity index (χ1) is 8.49. The molecule has 0 saturated carbocycles. The fourth-order valence-corrected chi connectivity index (χ4v) is 2.06. The Bertz CT molecular complexity index is 299. The van der Waals surface area contributed by atoms with E-state index in [1.807, 2.05) is 0 Å². The van der Waals surface area contributed by atoms with Crippen LogP contribution in [0.25, 0.3) is 0 Å². The van der Waals surface area contributed by atoms with Crippen LogP contribution in [-0.2, 0) is 4.79 Å². The van der Waals surface area contributed by atoms with E-state index in [2.05, 4.69) is 5.32 Å². The zero-order chi connectivity index (χ0) is 13.6. The predicted octanol–water partition coefficient (Wildman–Crippen LogP) is 2.22. The molecule has 2 N–H and O–H groups in total. The zero-order valence-corrected chi connectivity index (χ0v) is 11.4.